The molecule has 3 rings (SSSR count). The maximum atomic E-state index is 11.9. The molecule has 0 radical (unpaired) electrons. The lowest BCUT2D eigenvalue weighted by Crippen LogP contribution is -2.19. The molecule has 0 saturated heterocycles. The van der Waals surface area contributed by atoms with Crippen molar-refractivity contribution in [2.75, 3.05) is 0 Å². The highest BCUT2D eigenvalue weighted by atomic mass is 35.5. The van der Waals surface area contributed by atoms with E-state index in [1.165, 1.54) is 18.3 Å². The molecular weight excluding hydrogens is 406 g/mol. The number of halogens is 1. The van der Waals surface area contributed by atoms with Crippen molar-refractivity contribution < 1.29 is 14.5 Å². The molecule has 0 spiro atoms. The third-order valence-corrected chi connectivity index (χ3v) is 4.37. The van der Waals surface area contributed by atoms with Crippen LogP contribution in [0.25, 0.3) is 0 Å². The van der Waals surface area contributed by atoms with Gasteiger partial charge < -0.3 is 4.74 Å². The topological polar surface area (TPSA) is 93.8 Å². The van der Waals surface area contributed by atoms with Crippen molar-refractivity contribution in [3.8, 4) is 5.75 Å². The van der Waals surface area contributed by atoms with E-state index in [0.717, 1.165) is 11.1 Å². The quantitative estimate of drug-likeness (QED) is 0.327. The first kappa shape index (κ1) is 21.0. The minimum absolute atomic E-state index is 0.0160. The Balaban J connectivity index is 1.45. The molecule has 0 atom stereocenters. The molecule has 0 saturated carbocycles. The van der Waals surface area contributed by atoms with Crippen molar-refractivity contribution in [1.82, 2.24) is 5.43 Å². The number of nitro groups is 1. The Morgan fingerprint density at radius 3 is 2.27 bits per heavy atom. The summed E-state index contributed by atoms with van der Waals surface area (Å²) in [5.74, 6) is 0.396. The van der Waals surface area contributed by atoms with Gasteiger partial charge in [0.2, 0.25) is 5.91 Å². The van der Waals surface area contributed by atoms with Crippen LogP contribution in [-0.2, 0) is 17.8 Å². The van der Waals surface area contributed by atoms with E-state index >= 15 is 0 Å². The molecule has 0 fully saturated rings. The van der Waals surface area contributed by atoms with Crippen LogP contribution in [0.5, 0.6) is 5.75 Å². The van der Waals surface area contributed by atoms with Gasteiger partial charge in [0.15, 0.2) is 0 Å². The molecule has 152 valence electrons. The van der Waals surface area contributed by atoms with Gasteiger partial charge in [-0.25, -0.2) is 5.43 Å². The van der Waals surface area contributed by atoms with Crippen LogP contribution in [0.4, 0.5) is 5.69 Å². The summed E-state index contributed by atoms with van der Waals surface area (Å²) in [6.45, 7) is 0.434. The highest BCUT2D eigenvalue weighted by Gasteiger charge is 2.06. The number of nitro benzene ring substituents is 1. The number of hydrogen-bond donors (Lipinski definition) is 1. The Hall–Kier alpha value is -3.71. The largest absolute Gasteiger partial charge is 0.489 e. The molecule has 30 heavy (non-hydrogen) atoms. The average Bonchev–Trinajstić information content (AvgIpc) is 2.74. The van der Waals surface area contributed by atoms with Gasteiger partial charge in [-0.1, -0.05) is 35.9 Å². The molecule has 0 aliphatic rings. The number of benzene rings is 3. The Morgan fingerprint density at radius 2 is 1.63 bits per heavy atom. The van der Waals surface area contributed by atoms with Crippen LogP contribution < -0.4 is 10.2 Å². The van der Waals surface area contributed by atoms with Crippen LogP contribution in [0, 0.1) is 10.1 Å². The smallest absolute Gasteiger partial charge is 0.269 e. The van der Waals surface area contributed by atoms with Gasteiger partial charge in [0.05, 0.1) is 17.6 Å². The number of non-ortho nitro benzene ring substituents is 1. The van der Waals surface area contributed by atoms with Crippen molar-refractivity contribution >= 4 is 29.4 Å². The second-order valence-electron chi connectivity index (χ2n) is 6.38. The fourth-order valence-corrected chi connectivity index (χ4v) is 2.66. The molecule has 8 heteroatoms. The first-order chi connectivity index (χ1) is 14.5. The zero-order valence-electron chi connectivity index (χ0n) is 15.8. The molecule has 0 unspecified atom stereocenters. The normalized spacial score (nSPS) is 10.7. The van der Waals surface area contributed by atoms with E-state index in [1.54, 1.807) is 12.1 Å². The highest BCUT2D eigenvalue weighted by molar-refractivity contribution is 6.30. The van der Waals surface area contributed by atoms with Gasteiger partial charge in [0, 0.05) is 17.2 Å². The number of rotatable bonds is 8. The second-order valence-corrected chi connectivity index (χ2v) is 6.81. The Labute approximate surface area is 178 Å². The van der Waals surface area contributed by atoms with Gasteiger partial charge in [0.1, 0.15) is 12.4 Å². The van der Waals surface area contributed by atoms with E-state index in [-0.39, 0.29) is 18.0 Å². The van der Waals surface area contributed by atoms with Crippen LogP contribution in [0.2, 0.25) is 5.02 Å². The first-order valence-electron chi connectivity index (χ1n) is 9.02. The summed E-state index contributed by atoms with van der Waals surface area (Å²) in [7, 11) is 0. The number of hydrogen-bond acceptors (Lipinski definition) is 5. The summed E-state index contributed by atoms with van der Waals surface area (Å²) in [6, 6.07) is 20.5. The van der Waals surface area contributed by atoms with Crippen LogP contribution in [0.1, 0.15) is 16.7 Å². The maximum absolute atomic E-state index is 11.9. The van der Waals surface area contributed by atoms with E-state index < -0.39 is 4.92 Å². The summed E-state index contributed by atoms with van der Waals surface area (Å²) in [5.41, 5.74) is 4.89. The van der Waals surface area contributed by atoms with Crippen molar-refractivity contribution in [3.63, 3.8) is 0 Å². The molecule has 1 amide bonds. The molecule has 0 aliphatic carbocycles. The van der Waals surface area contributed by atoms with Crippen molar-refractivity contribution in [3.05, 3.63) is 105 Å². The molecule has 0 heterocycles. The zero-order valence-corrected chi connectivity index (χ0v) is 16.6. The zero-order chi connectivity index (χ0) is 21.3. The lowest BCUT2D eigenvalue weighted by atomic mass is 10.1. The Morgan fingerprint density at radius 1 is 1.00 bits per heavy atom. The fourth-order valence-electron chi connectivity index (χ4n) is 2.54. The molecule has 0 aromatic heterocycles. The van der Waals surface area contributed by atoms with Gasteiger partial charge in [-0.2, -0.15) is 5.10 Å². The summed E-state index contributed by atoms with van der Waals surface area (Å²) in [4.78, 5) is 22.1. The highest BCUT2D eigenvalue weighted by Crippen LogP contribution is 2.15. The first-order valence-corrected chi connectivity index (χ1v) is 9.40. The maximum Gasteiger partial charge on any atom is 0.269 e. The number of nitrogens with zero attached hydrogens (tertiary/aromatic N) is 2. The van der Waals surface area contributed by atoms with E-state index in [4.69, 9.17) is 16.3 Å². The van der Waals surface area contributed by atoms with Gasteiger partial charge in [-0.3, -0.25) is 14.9 Å². The molecule has 1 N–H and O–H groups in total. The molecular formula is C22H18ClN3O4. The summed E-state index contributed by atoms with van der Waals surface area (Å²) in [6.07, 6.45) is 1.60. The average molecular weight is 424 g/mol. The number of hydrazone groups is 1. The predicted molar refractivity (Wildman–Crippen MR) is 115 cm³/mol. The third-order valence-electron chi connectivity index (χ3n) is 4.11. The number of carbonyl (C=O) groups is 1. The minimum Gasteiger partial charge on any atom is -0.489 e. The molecule has 3 aromatic rings. The lowest BCUT2D eigenvalue weighted by molar-refractivity contribution is -0.384. The van der Waals surface area contributed by atoms with Crippen molar-refractivity contribution in [2.45, 2.75) is 13.0 Å². The Kier molecular flexibility index (Phi) is 7.13. The van der Waals surface area contributed by atoms with E-state index in [0.29, 0.717) is 22.9 Å². The molecule has 3 aromatic carbocycles. The Bertz CT molecular complexity index is 1030. The van der Waals surface area contributed by atoms with E-state index in [1.807, 2.05) is 48.5 Å². The minimum atomic E-state index is -0.484. The molecule has 0 aliphatic heterocycles. The van der Waals surface area contributed by atoms with Gasteiger partial charge in [-0.05, 0) is 53.1 Å². The number of amides is 1. The van der Waals surface area contributed by atoms with Crippen LogP contribution >= 0.6 is 11.6 Å². The van der Waals surface area contributed by atoms with Crippen molar-refractivity contribution in [1.29, 1.82) is 0 Å². The summed E-state index contributed by atoms with van der Waals surface area (Å²) < 4.78 is 5.72. The van der Waals surface area contributed by atoms with Gasteiger partial charge >= 0.3 is 0 Å². The van der Waals surface area contributed by atoms with Gasteiger partial charge in [-0.15, -0.1) is 0 Å². The fraction of sp³-hybridized carbons (Fsp3) is 0.0909. The monoisotopic (exact) mass is 423 g/mol. The van der Waals surface area contributed by atoms with Crippen LogP contribution in [0.15, 0.2) is 77.9 Å². The molecule has 0 bridgehead atoms. The van der Waals surface area contributed by atoms with E-state index in [9.17, 15) is 14.9 Å². The standard InChI is InChI=1S/C22H18ClN3O4/c23-19-7-1-18(2-8-19)15-30-21-11-5-17(6-12-21)14-24-25-22(27)13-16-3-9-20(10-4-16)26(28)29/h1-12,14H,13,15H2,(H,25,27). The predicted octanol–water partition coefficient (Wildman–Crippen LogP) is 4.52. The SMILES string of the molecule is O=C(Cc1ccc([N+](=O)[O-])cc1)NN=Cc1ccc(OCc2ccc(Cl)cc2)cc1. The third kappa shape index (κ3) is 6.42. The van der Waals surface area contributed by atoms with Crippen molar-refractivity contribution in [2.24, 2.45) is 5.10 Å². The number of ether oxygens (including phenoxy) is 1. The second kappa shape index (κ2) is 10.2. The lowest BCUT2D eigenvalue weighted by Gasteiger charge is -2.06. The summed E-state index contributed by atoms with van der Waals surface area (Å²) in [5, 5.41) is 15.3. The molecule has 7 nitrogen and oxygen atoms in total. The number of carbonyl (C=O) groups excluding carboxylic acids is 1. The van der Waals surface area contributed by atoms with Crippen LogP contribution in [0.3, 0.4) is 0 Å². The van der Waals surface area contributed by atoms with E-state index in [2.05, 4.69) is 10.5 Å². The number of nitrogens with one attached hydrogen (secondary N) is 1. The van der Waals surface area contributed by atoms with Crippen LogP contribution in [-0.4, -0.2) is 17.0 Å². The summed E-state index contributed by atoms with van der Waals surface area (Å²) >= 11 is 5.86. The van der Waals surface area contributed by atoms with Gasteiger partial charge in [0.25, 0.3) is 5.69 Å².